The van der Waals surface area contributed by atoms with Crippen molar-refractivity contribution in [2.75, 3.05) is 0 Å². The summed E-state index contributed by atoms with van der Waals surface area (Å²) in [5, 5.41) is 2.57. The summed E-state index contributed by atoms with van der Waals surface area (Å²) in [6.07, 6.45) is -3.92. The molecule has 2 aromatic rings. The number of aromatic nitrogens is 1. The van der Waals surface area contributed by atoms with Crippen LogP contribution in [0.4, 0.5) is 17.6 Å². The van der Waals surface area contributed by atoms with E-state index < -0.39 is 29.0 Å². The fourth-order valence-electron chi connectivity index (χ4n) is 2.21. The second-order valence-corrected chi connectivity index (χ2v) is 7.55. The summed E-state index contributed by atoms with van der Waals surface area (Å²) < 4.78 is 58.8. The molecule has 1 atom stereocenters. The molecule has 0 saturated heterocycles. The lowest BCUT2D eigenvalue weighted by Gasteiger charge is -2.28. The van der Waals surface area contributed by atoms with E-state index in [-0.39, 0.29) is 23.9 Å². The van der Waals surface area contributed by atoms with Gasteiger partial charge in [-0.2, -0.15) is 13.2 Å². The monoisotopic (exact) mass is 398 g/mol. The number of halogens is 4. The van der Waals surface area contributed by atoms with Crippen LogP contribution in [-0.4, -0.2) is 16.9 Å². The maximum absolute atomic E-state index is 13.5. The third-order valence-corrected chi connectivity index (χ3v) is 4.35. The predicted octanol–water partition coefficient (Wildman–Crippen LogP) is 4.98. The molecule has 0 bridgehead atoms. The second-order valence-electron chi connectivity index (χ2n) is 7.55. The van der Waals surface area contributed by atoms with Gasteiger partial charge in [-0.3, -0.25) is 4.79 Å². The van der Waals surface area contributed by atoms with Gasteiger partial charge in [0.2, 0.25) is 5.88 Å². The summed E-state index contributed by atoms with van der Waals surface area (Å²) in [7, 11) is 0. The van der Waals surface area contributed by atoms with Gasteiger partial charge in [-0.05, 0) is 30.0 Å². The largest absolute Gasteiger partial charge is 0.473 e. The Morgan fingerprint density at radius 3 is 2.46 bits per heavy atom. The van der Waals surface area contributed by atoms with Crippen molar-refractivity contribution in [1.29, 1.82) is 0 Å². The Hall–Kier alpha value is -2.64. The Kier molecular flexibility index (Phi) is 6.31. The lowest BCUT2D eigenvalue weighted by atomic mass is 9.88. The Bertz CT molecular complexity index is 845. The van der Waals surface area contributed by atoms with E-state index in [9.17, 15) is 22.4 Å². The van der Waals surface area contributed by atoms with Crippen LogP contribution in [0.25, 0.3) is 0 Å². The second kappa shape index (κ2) is 8.16. The van der Waals surface area contributed by atoms with Crippen molar-refractivity contribution in [2.45, 2.75) is 46.5 Å². The van der Waals surface area contributed by atoms with E-state index >= 15 is 0 Å². The van der Waals surface area contributed by atoms with Gasteiger partial charge in [0, 0.05) is 18.3 Å². The van der Waals surface area contributed by atoms with Gasteiger partial charge in [0.25, 0.3) is 5.91 Å². The Balaban J connectivity index is 2.24. The molecule has 1 aromatic heterocycles. The van der Waals surface area contributed by atoms with E-state index in [4.69, 9.17) is 4.74 Å². The highest BCUT2D eigenvalue weighted by Crippen LogP contribution is 2.34. The number of hydrogen-bond acceptors (Lipinski definition) is 3. The molecule has 0 radical (unpaired) electrons. The quantitative estimate of drug-likeness (QED) is 0.723. The maximum Gasteiger partial charge on any atom is 0.417 e. The molecule has 0 fully saturated rings. The first-order valence-corrected chi connectivity index (χ1v) is 8.63. The molecule has 1 amide bonds. The van der Waals surface area contributed by atoms with Gasteiger partial charge < -0.3 is 10.1 Å². The summed E-state index contributed by atoms with van der Waals surface area (Å²) in [5.41, 5.74) is -1.61. The Labute approximate surface area is 160 Å². The minimum absolute atomic E-state index is 0.158. The van der Waals surface area contributed by atoms with Crippen LogP contribution in [-0.2, 0) is 12.8 Å². The molecule has 2 rings (SSSR count). The molecular weight excluding hydrogens is 376 g/mol. The van der Waals surface area contributed by atoms with Crippen LogP contribution in [0.2, 0.25) is 0 Å². The molecule has 1 N–H and O–H groups in total. The topological polar surface area (TPSA) is 51.2 Å². The summed E-state index contributed by atoms with van der Waals surface area (Å²) in [6.45, 7) is 7.16. The first-order chi connectivity index (χ1) is 12.9. The van der Waals surface area contributed by atoms with E-state index in [2.05, 4.69) is 10.3 Å². The number of rotatable bonds is 5. The van der Waals surface area contributed by atoms with Crippen LogP contribution in [0.3, 0.4) is 0 Å². The first kappa shape index (κ1) is 21.7. The van der Waals surface area contributed by atoms with Crippen LogP contribution in [0, 0.1) is 11.2 Å². The van der Waals surface area contributed by atoms with Crippen LogP contribution in [0.15, 0.2) is 36.5 Å². The van der Waals surface area contributed by atoms with Crippen LogP contribution >= 0.6 is 0 Å². The van der Waals surface area contributed by atoms with Crippen molar-refractivity contribution >= 4 is 5.91 Å². The number of ether oxygens (including phenoxy) is 1. The van der Waals surface area contributed by atoms with Crippen molar-refractivity contribution in [3.63, 3.8) is 0 Å². The highest BCUT2D eigenvalue weighted by molar-refractivity contribution is 5.95. The molecule has 0 saturated carbocycles. The smallest absolute Gasteiger partial charge is 0.417 e. The normalized spacial score (nSPS) is 13.1. The molecule has 4 nitrogen and oxygen atoms in total. The van der Waals surface area contributed by atoms with E-state index in [1.807, 2.05) is 20.8 Å². The molecule has 0 aliphatic rings. The number of carbonyl (C=O) groups excluding carboxylic acids is 1. The third-order valence-electron chi connectivity index (χ3n) is 4.35. The molecule has 28 heavy (non-hydrogen) atoms. The summed E-state index contributed by atoms with van der Waals surface area (Å²) in [5.74, 6) is -1.65. The maximum atomic E-state index is 13.5. The zero-order chi connectivity index (χ0) is 21.1. The number of amides is 1. The zero-order valence-electron chi connectivity index (χ0n) is 16.0. The molecular formula is C20H22F4N2O2. The average molecular weight is 398 g/mol. The molecule has 1 heterocycles. The molecule has 1 aromatic carbocycles. The lowest BCUT2D eigenvalue weighted by molar-refractivity contribution is -0.138. The zero-order valence-corrected chi connectivity index (χ0v) is 16.0. The number of nitrogens with zero attached hydrogens (tertiary/aromatic N) is 1. The Morgan fingerprint density at radius 2 is 1.89 bits per heavy atom. The van der Waals surface area contributed by atoms with Gasteiger partial charge in [0.1, 0.15) is 12.4 Å². The summed E-state index contributed by atoms with van der Waals surface area (Å²) in [6, 6.07) is 5.81. The van der Waals surface area contributed by atoms with E-state index in [1.54, 1.807) is 13.0 Å². The van der Waals surface area contributed by atoms with Gasteiger partial charge in [-0.25, -0.2) is 9.37 Å². The SMILES string of the molecule is C[C@@H](NC(=O)c1cnc(OCc2cccc(F)c2)cc1C(F)(F)F)C(C)(C)C. The molecule has 0 unspecified atom stereocenters. The average Bonchev–Trinajstić information content (AvgIpc) is 2.58. The van der Waals surface area contributed by atoms with E-state index in [1.165, 1.54) is 18.2 Å². The van der Waals surface area contributed by atoms with Crippen LogP contribution in [0.5, 0.6) is 5.88 Å². The number of carbonyl (C=O) groups is 1. The molecule has 8 heteroatoms. The fourth-order valence-corrected chi connectivity index (χ4v) is 2.21. The van der Waals surface area contributed by atoms with Crippen LogP contribution < -0.4 is 10.1 Å². The van der Waals surface area contributed by atoms with Gasteiger partial charge in [-0.15, -0.1) is 0 Å². The molecule has 0 aliphatic heterocycles. The number of pyridine rings is 1. The van der Waals surface area contributed by atoms with E-state index in [0.29, 0.717) is 11.6 Å². The van der Waals surface area contributed by atoms with Crippen molar-refractivity contribution in [3.05, 3.63) is 59.0 Å². The highest BCUT2D eigenvalue weighted by atomic mass is 19.4. The number of nitrogens with one attached hydrogen (secondary N) is 1. The minimum atomic E-state index is -4.77. The van der Waals surface area contributed by atoms with Crippen molar-refractivity contribution in [2.24, 2.45) is 5.41 Å². The van der Waals surface area contributed by atoms with Gasteiger partial charge in [-0.1, -0.05) is 32.9 Å². The lowest BCUT2D eigenvalue weighted by Crippen LogP contribution is -2.42. The van der Waals surface area contributed by atoms with Gasteiger partial charge in [0.05, 0.1) is 11.1 Å². The van der Waals surface area contributed by atoms with Crippen molar-refractivity contribution in [3.8, 4) is 5.88 Å². The first-order valence-electron chi connectivity index (χ1n) is 8.63. The minimum Gasteiger partial charge on any atom is -0.473 e. The highest BCUT2D eigenvalue weighted by Gasteiger charge is 2.37. The number of hydrogen-bond donors (Lipinski definition) is 1. The number of benzene rings is 1. The Morgan fingerprint density at radius 1 is 1.21 bits per heavy atom. The fraction of sp³-hybridized carbons (Fsp3) is 0.400. The third kappa shape index (κ3) is 5.68. The van der Waals surface area contributed by atoms with Gasteiger partial charge >= 0.3 is 6.18 Å². The number of alkyl halides is 3. The molecule has 0 spiro atoms. The summed E-state index contributed by atoms with van der Waals surface area (Å²) >= 11 is 0. The molecule has 0 aliphatic carbocycles. The summed E-state index contributed by atoms with van der Waals surface area (Å²) in [4.78, 5) is 16.2. The standard InChI is InChI=1S/C20H22F4N2O2/c1-12(19(2,3)4)26-18(27)15-10-25-17(9-16(15)20(22,23)24)28-11-13-6-5-7-14(21)8-13/h5-10,12H,11H2,1-4H3,(H,26,27)/t12-/m1/s1. The van der Waals surface area contributed by atoms with Crippen LogP contribution in [0.1, 0.15) is 49.2 Å². The van der Waals surface area contributed by atoms with Crippen molar-refractivity contribution in [1.82, 2.24) is 10.3 Å². The predicted molar refractivity (Wildman–Crippen MR) is 96.4 cm³/mol. The molecule has 152 valence electrons. The van der Waals surface area contributed by atoms with Crippen molar-refractivity contribution < 1.29 is 27.1 Å². The van der Waals surface area contributed by atoms with Gasteiger partial charge in [0.15, 0.2) is 0 Å². The van der Waals surface area contributed by atoms with E-state index in [0.717, 1.165) is 6.20 Å².